The average Bonchev–Trinajstić information content (AvgIpc) is 2.20. The zero-order valence-electron chi connectivity index (χ0n) is 16.3. The number of hydrogen-bond acceptors (Lipinski definition) is 2. The van der Waals surface area contributed by atoms with Gasteiger partial charge in [0.2, 0.25) is 0 Å². The van der Waals surface area contributed by atoms with Crippen molar-refractivity contribution in [1.82, 2.24) is 0 Å². The van der Waals surface area contributed by atoms with Crippen molar-refractivity contribution in [3.05, 3.63) is 0 Å². The van der Waals surface area contributed by atoms with E-state index in [4.69, 9.17) is 8.85 Å². The lowest BCUT2D eigenvalue weighted by atomic mass is 9.75. The van der Waals surface area contributed by atoms with Crippen LogP contribution in [0.25, 0.3) is 0 Å². The van der Waals surface area contributed by atoms with Gasteiger partial charge in [-0.2, -0.15) is 0 Å². The summed E-state index contributed by atoms with van der Waals surface area (Å²) in [5.74, 6) is 1.36. The Labute approximate surface area is 136 Å². The Morgan fingerprint density at radius 1 is 0.667 bits per heavy atom. The Bertz CT molecular complexity index is 258. The fourth-order valence-electron chi connectivity index (χ4n) is 2.83. The van der Waals surface area contributed by atoms with Crippen LogP contribution in [0, 0.1) is 17.3 Å². The van der Waals surface area contributed by atoms with Gasteiger partial charge in [0.1, 0.15) is 0 Å². The van der Waals surface area contributed by atoms with Crippen molar-refractivity contribution in [3.63, 3.8) is 0 Å². The summed E-state index contributed by atoms with van der Waals surface area (Å²) >= 11 is 0. The largest absolute Gasteiger partial charge is 0.417 e. The molecule has 0 aromatic carbocycles. The quantitative estimate of drug-likeness (QED) is 0.473. The van der Waals surface area contributed by atoms with Crippen LogP contribution < -0.4 is 0 Å². The van der Waals surface area contributed by atoms with E-state index >= 15 is 0 Å². The summed E-state index contributed by atoms with van der Waals surface area (Å²) in [5.41, 5.74) is 0.183. The van der Waals surface area contributed by atoms with E-state index in [9.17, 15) is 0 Å². The zero-order valence-corrected chi connectivity index (χ0v) is 18.3. The fourth-order valence-corrected chi connectivity index (χ4v) is 4.31. The standard InChI is InChI=1S/C17H40O2Si2/c1-15(2)11-17(12-16(3)4,13-18-20(5,6)7)14-19-21(8,9)10/h15-16H,11-14H2,1-10H3. The second-order valence-electron chi connectivity index (χ2n) is 9.50. The van der Waals surface area contributed by atoms with Crippen LogP contribution >= 0.6 is 0 Å². The van der Waals surface area contributed by atoms with E-state index in [1.807, 2.05) is 0 Å². The van der Waals surface area contributed by atoms with Crippen molar-refractivity contribution in [3.8, 4) is 0 Å². The van der Waals surface area contributed by atoms with Crippen LogP contribution in [-0.2, 0) is 8.85 Å². The maximum absolute atomic E-state index is 6.34. The first-order chi connectivity index (χ1) is 9.25. The first-order valence-electron chi connectivity index (χ1n) is 8.53. The SMILES string of the molecule is CC(C)CC(CO[Si](C)(C)C)(CO[Si](C)(C)C)CC(C)C. The average molecular weight is 333 g/mol. The van der Waals surface area contributed by atoms with Crippen molar-refractivity contribution in [2.45, 2.75) is 79.8 Å². The van der Waals surface area contributed by atoms with Gasteiger partial charge in [0, 0.05) is 18.6 Å². The first kappa shape index (κ1) is 21.4. The van der Waals surface area contributed by atoms with Gasteiger partial charge < -0.3 is 8.85 Å². The van der Waals surface area contributed by atoms with Crippen LogP contribution in [-0.4, -0.2) is 29.8 Å². The van der Waals surface area contributed by atoms with Crippen LogP contribution in [0.2, 0.25) is 39.3 Å². The van der Waals surface area contributed by atoms with Crippen molar-refractivity contribution in [1.29, 1.82) is 0 Å². The molecular weight excluding hydrogens is 292 g/mol. The molecule has 21 heavy (non-hydrogen) atoms. The van der Waals surface area contributed by atoms with Gasteiger partial charge in [0.15, 0.2) is 16.6 Å². The van der Waals surface area contributed by atoms with Crippen molar-refractivity contribution >= 4 is 16.6 Å². The molecule has 0 spiro atoms. The highest BCUT2D eigenvalue weighted by Crippen LogP contribution is 2.36. The molecule has 0 aliphatic rings. The summed E-state index contributed by atoms with van der Waals surface area (Å²) in [4.78, 5) is 0. The van der Waals surface area contributed by atoms with Gasteiger partial charge in [-0.25, -0.2) is 0 Å². The molecule has 0 saturated carbocycles. The summed E-state index contributed by atoms with van der Waals surface area (Å²) in [6.07, 6.45) is 2.39. The number of hydrogen-bond donors (Lipinski definition) is 0. The topological polar surface area (TPSA) is 18.5 Å². The highest BCUT2D eigenvalue weighted by atomic mass is 28.4. The Kier molecular flexibility index (Phi) is 8.41. The minimum atomic E-state index is -1.49. The van der Waals surface area contributed by atoms with E-state index < -0.39 is 16.6 Å². The molecule has 0 radical (unpaired) electrons. The molecule has 0 aromatic heterocycles. The van der Waals surface area contributed by atoms with Crippen LogP contribution in [0.1, 0.15) is 40.5 Å². The minimum absolute atomic E-state index is 0.183. The number of rotatable bonds is 10. The zero-order chi connectivity index (χ0) is 16.9. The lowest BCUT2D eigenvalue weighted by molar-refractivity contribution is 0.0339. The van der Waals surface area contributed by atoms with Gasteiger partial charge in [-0.15, -0.1) is 0 Å². The summed E-state index contributed by atoms with van der Waals surface area (Å²) in [7, 11) is -2.98. The molecule has 4 heteroatoms. The van der Waals surface area contributed by atoms with Gasteiger partial charge >= 0.3 is 0 Å². The molecule has 0 unspecified atom stereocenters. The second kappa shape index (κ2) is 8.27. The molecule has 0 aromatic rings. The smallest absolute Gasteiger partial charge is 0.183 e. The maximum Gasteiger partial charge on any atom is 0.183 e. The van der Waals surface area contributed by atoms with Crippen LogP contribution in [0.4, 0.5) is 0 Å². The van der Waals surface area contributed by atoms with E-state index in [2.05, 4.69) is 67.0 Å². The normalized spacial score (nSPS) is 14.3. The third-order valence-corrected chi connectivity index (χ3v) is 5.33. The van der Waals surface area contributed by atoms with E-state index in [1.54, 1.807) is 0 Å². The van der Waals surface area contributed by atoms with Gasteiger partial charge in [-0.1, -0.05) is 27.7 Å². The molecule has 0 atom stereocenters. The molecule has 0 aliphatic heterocycles. The summed E-state index contributed by atoms with van der Waals surface area (Å²) in [6.45, 7) is 24.7. The van der Waals surface area contributed by atoms with Crippen molar-refractivity contribution in [2.24, 2.45) is 17.3 Å². The van der Waals surface area contributed by atoms with Crippen molar-refractivity contribution < 1.29 is 8.85 Å². The molecule has 0 fully saturated rings. The molecule has 0 aliphatic carbocycles. The third kappa shape index (κ3) is 11.6. The Hall–Kier alpha value is 0.354. The molecule has 0 N–H and O–H groups in total. The minimum Gasteiger partial charge on any atom is -0.417 e. The highest BCUT2D eigenvalue weighted by Gasteiger charge is 2.35. The monoisotopic (exact) mass is 332 g/mol. The van der Waals surface area contributed by atoms with Gasteiger partial charge in [0.05, 0.1) is 0 Å². The van der Waals surface area contributed by atoms with Gasteiger partial charge in [-0.05, 0) is 64.0 Å². The molecular formula is C17H40O2Si2. The Morgan fingerprint density at radius 2 is 0.952 bits per heavy atom. The Balaban J connectivity index is 5.10. The maximum atomic E-state index is 6.34. The molecule has 2 nitrogen and oxygen atoms in total. The lowest BCUT2D eigenvalue weighted by Gasteiger charge is -2.40. The molecule has 0 amide bonds. The third-order valence-electron chi connectivity index (χ3n) is 3.31. The molecule has 0 heterocycles. The van der Waals surface area contributed by atoms with E-state index in [0.29, 0.717) is 11.8 Å². The van der Waals surface area contributed by atoms with E-state index in [1.165, 1.54) is 12.8 Å². The highest BCUT2D eigenvalue weighted by molar-refractivity contribution is 6.70. The van der Waals surface area contributed by atoms with Crippen LogP contribution in [0.5, 0.6) is 0 Å². The summed E-state index contributed by atoms with van der Waals surface area (Å²) < 4.78 is 12.7. The summed E-state index contributed by atoms with van der Waals surface area (Å²) in [5, 5.41) is 0. The van der Waals surface area contributed by atoms with Crippen LogP contribution in [0.15, 0.2) is 0 Å². The second-order valence-corrected chi connectivity index (χ2v) is 18.5. The Morgan fingerprint density at radius 3 is 1.14 bits per heavy atom. The van der Waals surface area contributed by atoms with Gasteiger partial charge in [0.25, 0.3) is 0 Å². The molecule has 0 rings (SSSR count). The lowest BCUT2D eigenvalue weighted by Crippen LogP contribution is -2.42. The van der Waals surface area contributed by atoms with Crippen LogP contribution in [0.3, 0.4) is 0 Å². The van der Waals surface area contributed by atoms with Gasteiger partial charge in [-0.3, -0.25) is 0 Å². The summed E-state index contributed by atoms with van der Waals surface area (Å²) in [6, 6.07) is 0. The van der Waals surface area contributed by atoms with E-state index in [-0.39, 0.29) is 5.41 Å². The van der Waals surface area contributed by atoms with E-state index in [0.717, 1.165) is 13.2 Å². The molecule has 0 bridgehead atoms. The first-order valence-corrected chi connectivity index (χ1v) is 15.3. The molecule has 0 saturated heterocycles. The fraction of sp³-hybridized carbons (Fsp3) is 1.00. The molecule has 128 valence electrons. The predicted molar refractivity (Wildman–Crippen MR) is 99.9 cm³/mol. The predicted octanol–water partition coefficient (Wildman–Crippen LogP) is 5.77. The van der Waals surface area contributed by atoms with Crippen molar-refractivity contribution in [2.75, 3.05) is 13.2 Å².